The van der Waals surface area contributed by atoms with E-state index < -0.39 is 0 Å². The number of ether oxygens (including phenoxy) is 2. The van der Waals surface area contributed by atoms with Crippen molar-refractivity contribution in [1.29, 1.82) is 0 Å². The third-order valence-corrected chi connectivity index (χ3v) is 2.64. The zero-order valence-corrected chi connectivity index (χ0v) is 9.59. The first-order valence-electron chi connectivity index (χ1n) is 5.36. The molecule has 2 heterocycles. The van der Waals surface area contributed by atoms with E-state index in [2.05, 4.69) is 10.2 Å². The lowest BCUT2D eigenvalue weighted by Gasteiger charge is -2.18. The summed E-state index contributed by atoms with van der Waals surface area (Å²) in [5.41, 5.74) is -0.681. The van der Waals surface area contributed by atoms with Gasteiger partial charge in [0.15, 0.2) is 0 Å². The lowest BCUT2D eigenvalue weighted by atomic mass is 10.1. The fourth-order valence-corrected chi connectivity index (χ4v) is 1.54. The minimum Gasteiger partial charge on any atom is -0.489 e. The summed E-state index contributed by atoms with van der Waals surface area (Å²) in [7, 11) is 0. The molecule has 4 nitrogen and oxygen atoms in total. The maximum Gasteiger partial charge on any atom is 0.146 e. The molecule has 2 aliphatic rings. The summed E-state index contributed by atoms with van der Waals surface area (Å²) in [4.78, 5) is 0. The molecular formula is C12H16N2O2. The Morgan fingerprint density at radius 3 is 1.69 bits per heavy atom. The van der Waals surface area contributed by atoms with E-state index >= 15 is 0 Å². The second-order valence-electron chi connectivity index (χ2n) is 4.50. The molecule has 2 rings (SSSR count). The Morgan fingerprint density at radius 1 is 0.938 bits per heavy atom. The molecule has 0 aromatic carbocycles. The van der Waals surface area contributed by atoms with Gasteiger partial charge in [0.05, 0.1) is 25.0 Å². The van der Waals surface area contributed by atoms with Crippen molar-refractivity contribution in [2.45, 2.75) is 37.9 Å². The standard InChI is InChI=1S/C12H16N2O2/c1-11(5-3-7-15-11)9-13-14-10-12(2)6-4-8-16-12/h3-4,7-10H,5-6H2,1-2H3. The van der Waals surface area contributed by atoms with E-state index in [1.807, 2.05) is 26.0 Å². The predicted molar refractivity (Wildman–Crippen MR) is 63.5 cm³/mol. The predicted octanol–water partition coefficient (Wildman–Crippen LogP) is 2.43. The van der Waals surface area contributed by atoms with Gasteiger partial charge in [0.25, 0.3) is 0 Å². The monoisotopic (exact) mass is 220 g/mol. The SMILES string of the molecule is CC1(C=NN=CC2(C)CC=CO2)CC=CO1. The van der Waals surface area contributed by atoms with Crippen LogP contribution in [0.1, 0.15) is 26.7 Å². The second-order valence-corrected chi connectivity index (χ2v) is 4.50. The van der Waals surface area contributed by atoms with E-state index in [0.29, 0.717) is 0 Å². The van der Waals surface area contributed by atoms with E-state index in [9.17, 15) is 0 Å². The highest BCUT2D eigenvalue weighted by molar-refractivity contribution is 5.72. The summed E-state index contributed by atoms with van der Waals surface area (Å²) in [5, 5.41) is 8.01. The van der Waals surface area contributed by atoms with Gasteiger partial charge in [-0.2, -0.15) is 10.2 Å². The Balaban J connectivity index is 1.87. The Bertz CT molecular complexity index is 317. The highest BCUT2D eigenvalue weighted by Gasteiger charge is 2.26. The smallest absolute Gasteiger partial charge is 0.146 e. The van der Waals surface area contributed by atoms with Gasteiger partial charge in [-0.15, -0.1) is 0 Å². The van der Waals surface area contributed by atoms with Crippen LogP contribution in [0.15, 0.2) is 34.9 Å². The maximum absolute atomic E-state index is 5.39. The summed E-state index contributed by atoms with van der Waals surface area (Å²) >= 11 is 0. The van der Waals surface area contributed by atoms with Crippen molar-refractivity contribution in [3.05, 3.63) is 24.7 Å². The lowest BCUT2D eigenvalue weighted by Crippen LogP contribution is -2.25. The van der Waals surface area contributed by atoms with Crippen LogP contribution in [0.4, 0.5) is 0 Å². The Morgan fingerprint density at radius 2 is 1.38 bits per heavy atom. The summed E-state index contributed by atoms with van der Waals surface area (Å²) in [6.07, 6.45) is 12.4. The fourth-order valence-electron chi connectivity index (χ4n) is 1.54. The zero-order valence-electron chi connectivity index (χ0n) is 9.59. The minimum atomic E-state index is -0.340. The molecule has 0 aromatic rings. The number of hydrogen-bond donors (Lipinski definition) is 0. The number of nitrogens with zero attached hydrogens (tertiary/aromatic N) is 2. The minimum absolute atomic E-state index is 0.340. The first kappa shape index (κ1) is 10.9. The van der Waals surface area contributed by atoms with Gasteiger partial charge >= 0.3 is 0 Å². The van der Waals surface area contributed by atoms with Crippen LogP contribution in [-0.4, -0.2) is 23.6 Å². The molecule has 0 aliphatic carbocycles. The average molecular weight is 220 g/mol. The average Bonchev–Trinajstić information content (AvgIpc) is 2.84. The van der Waals surface area contributed by atoms with E-state index in [1.165, 1.54) is 0 Å². The number of hydrogen-bond acceptors (Lipinski definition) is 4. The van der Waals surface area contributed by atoms with Crippen LogP contribution in [0.25, 0.3) is 0 Å². The largest absolute Gasteiger partial charge is 0.489 e. The molecule has 0 amide bonds. The molecule has 0 saturated carbocycles. The van der Waals surface area contributed by atoms with Gasteiger partial charge in [-0.3, -0.25) is 0 Å². The summed E-state index contributed by atoms with van der Waals surface area (Å²) in [6, 6.07) is 0. The van der Waals surface area contributed by atoms with E-state index in [0.717, 1.165) is 12.8 Å². The molecule has 16 heavy (non-hydrogen) atoms. The van der Waals surface area contributed by atoms with Crippen molar-refractivity contribution in [2.24, 2.45) is 10.2 Å². The van der Waals surface area contributed by atoms with Crippen molar-refractivity contribution < 1.29 is 9.47 Å². The maximum atomic E-state index is 5.39. The molecule has 2 unspecified atom stereocenters. The molecule has 2 aliphatic heterocycles. The van der Waals surface area contributed by atoms with Crippen LogP contribution in [0, 0.1) is 0 Å². The van der Waals surface area contributed by atoms with Crippen LogP contribution in [0.3, 0.4) is 0 Å². The van der Waals surface area contributed by atoms with Crippen LogP contribution >= 0.6 is 0 Å². The lowest BCUT2D eigenvalue weighted by molar-refractivity contribution is 0.135. The molecule has 0 bridgehead atoms. The molecular weight excluding hydrogens is 204 g/mol. The molecule has 2 atom stereocenters. The van der Waals surface area contributed by atoms with Crippen LogP contribution < -0.4 is 0 Å². The molecule has 0 radical (unpaired) electrons. The highest BCUT2D eigenvalue weighted by atomic mass is 16.5. The van der Waals surface area contributed by atoms with E-state index in [4.69, 9.17) is 9.47 Å². The van der Waals surface area contributed by atoms with Crippen LogP contribution in [-0.2, 0) is 9.47 Å². The number of rotatable bonds is 3. The molecule has 0 N–H and O–H groups in total. The fraction of sp³-hybridized carbons (Fsp3) is 0.500. The van der Waals surface area contributed by atoms with E-state index in [1.54, 1.807) is 25.0 Å². The van der Waals surface area contributed by atoms with Crippen LogP contribution in [0.5, 0.6) is 0 Å². The van der Waals surface area contributed by atoms with Gasteiger partial charge in [-0.25, -0.2) is 0 Å². The third-order valence-electron chi connectivity index (χ3n) is 2.64. The molecule has 0 saturated heterocycles. The zero-order chi connectivity index (χ0) is 11.5. The molecule has 0 aromatic heterocycles. The summed E-state index contributed by atoms with van der Waals surface area (Å²) in [6.45, 7) is 3.95. The van der Waals surface area contributed by atoms with E-state index in [-0.39, 0.29) is 11.2 Å². The first-order chi connectivity index (χ1) is 7.62. The van der Waals surface area contributed by atoms with Crippen molar-refractivity contribution in [2.75, 3.05) is 0 Å². The topological polar surface area (TPSA) is 43.2 Å². The van der Waals surface area contributed by atoms with Crippen molar-refractivity contribution >= 4 is 12.4 Å². The van der Waals surface area contributed by atoms with Gasteiger partial charge < -0.3 is 9.47 Å². The van der Waals surface area contributed by atoms with Gasteiger partial charge in [0.1, 0.15) is 11.2 Å². The van der Waals surface area contributed by atoms with Crippen molar-refractivity contribution in [3.63, 3.8) is 0 Å². The van der Waals surface area contributed by atoms with Crippen LogP contribution in [0.2, 0.25) is 0 Å². The molecule has 0 fully saturated rings. The van der Waals surface area contributed by atoms with Crippen molar-refractivity contribution in [3.8, 4) is 0 Å². The molecule has 4 heteroatoms. The quantitative estimate of drug-likeness (QED) is 0.541. The highest BCUT2D eigenvalue weighted by Crippen LogP contribution is 2.21. The van der Waals surface area contributed by atoms with Gasteiger partial charge in [0, 0.05) is 12.8 Å². The molecule has 86 valence electrons. The van der Waals surface area contributed by atoms with Gasteiger partial charge in [-0.1, -0.05) is 0 Å². The Kier molecular flexibility index (Phi) is 2.81. The van der Waals surface area contributed by atoms with Gasteiger partial charge in [-0.05, 0) is 26.0 Å². The second kappa shape index (κ2) is 4.12. The summed E-state index contributed by atoms with van der Waals surface area (Å²) in [5.74, 6) is 0. The Labute approximate surface area is 95.4 Å². The van der Waals surface area contributed by atoms with Gasteiger partial charge in [0.2, 0.25) is 0 Å². The Hall–Kier alpha value is -1.58. The normalized spacial score (nSPS) is 37.4. The van der Waals surface area contributed by atoms with Crippen molar-refractivity contribution in [1.82, 2.24) is 0 Å². The first-order valence-corrected chi connectivity index (χ1v) is 5.36. The summed E-state index contributed by atoms with van der Waals surface area (Å²) < 4.78 is 10.8. The molecule has 0 spiro atoms. The third kappa shape index (κ3) is 2.51.